The van der Waals surface area contributed by atoms with E-state index in [1.807, 2.05) is 0 Å². The molecule has 0 aromatic carbocycles. The average molecular weight is 266 g/mol. The molecule has 0 atom stereocenters. The van der Waals surface area contributed by atoms with Crippen molar-refractivity contribution in [1.29, 1.82) is 0 Å². The van der Waals surface area contributed by atoms with Crippen LogP contribution in [0, 0.1) is 0 Å². The van der Waals surface area contributed by atoms with Gasteiger partial charge in [-0.3, -0.25) is 0 Å². The Morgan fingerprint density at radius 2 is 1.50 bits per heavy atom. The van der Waals surface area contributed by atoms with Crippen LogP contribution in [0.3, 0.4) is 0 Å². The fourth-order valence-corrected chi connectivity index (χ4v) is 1.41. The van der Waals surface area contributed by atoms with Crippen LogP contribution in [0.25, 0.3) is 0 Å². The summed E-state index contributed by atoms with van der Waals surface area (Å²) in [6.45, 7) is 2.26. The van der Waals surface area contributed by atoms with Gasteiger partial charge in [0.1, 0.15) is 0 Å². The van der Waals surface area contributed by atoms with E-state index in [9.17, 15) is 0 Å². The standard InChI is InChI=1S/C8H17I.Mg.2H/c1-2-3-4-5-6-7-8-9;;;/h2-8H2,1H3;;;/q;+2;2*-1. The zero-order valence-electron chi connectivity index (χ0n) is 9.03. The molecule has 0 aliphatic rings. The summed E-state index contributed by atoms with van der Waals surface area (Å²) in [7, 11) is 0. The molecule has 0 nitrogen and oxygen atoms in total. The largest absolute Gasteiger partial charge is 2.00 e. The van der Waals surface area contributed by atoms with Gasteiger partial charge >= 0.3 is 23.1 Å². The molecule has 0 rings (SSSR count). The number of rotatable bonds is 6. The minimum absolute atomic E-state index is 0. The summed E-state index contributed by atoms with van der Waals surface area (Å²) < 4.78 is 1.34. The molecule has 0 aromatic rings. The molecule has 0 aliphatic carbocycles. The molecule has 0 N–H and O–H groups in total. The Balaban J connectivity index is -0.000000107. The van der Waals surface area contributed by atoms with E-state index in [2.05, 4.69) is 29.5 Å². The predicted molar refractivity (Wildman–Crippen MR) is 60.2 cm³/mol. The van der Waals surface area contributed by atoms with E-state index in [1.165, 1.54) is 43.0 Å². The van der Waals surface area contributed by atoms with Crippen molar-refractivity contribution in [2.45, 2.75) is 45.4 Å². The summed E-state index contributed by atoms with van der Waals surface area (Å²) in [6, 6.07) is 0. The molecule has 0 heterocycles. The van der Waals surface area contributed by atoms with Crippen molar-refractivity contribution in [3.63, 3.8) is 0 Å². The maximum Gasteiger partial charge on any atom is 2.00 e. The molecular weight excluding hydrogens is 247 g/mol. The molecule has 0 amide bonds. The molecule has 0 saturated heterocycles. The number of alkyl halides is 1. The maximum absolute atomic E-state index is 2.45. The molecule has 0 aliphatic heterocycles. The molecule has 0 bridgehead atoms. The second kappa shape index (κ2) is 13.1. The van der Waals surface area contributed by atoms with Gasteiger partial charge in [0.25, 0.3) is 0 Å². The smallest absolute Gasteiger partial charge is 1.00 e. The fraction of sp³-hybridized carbons (Fsp3) is 1.00. The van der Waals surface area contributed by atoms with Crippen molar-refractivity contribution in [2.24, 2.45) is 0 Å². The van der Waals surface area contributed by atoms with E-state index in [0.717, 1.165) is 0 Å². The predicted octanol–water partition coefficient (Wildman–Crippen LogP) is 3.63. The van der Waals surface area contributed by atoms with Gasteiger partial charge < -0.3 is 2.85 Å². The third-order valence-corrected chi connectivity index (χ3v) is 2.25. The minimum atomic E-state index is 0. The first-order valence-electron chi connectivity index (χ1n) is 3.97. The molecule has 0 radical (unpaired) electrons. The Morgan fingerprint density at radius 3 is 2.00 bits per heavy atom. The molecule has 60 valence electrons. The summed E-state index contributed by atoms with van der Waals surface area (Å²) in [5.41, 5.74) is 0. The van der Waals surface area contributed by atoms with Crippen LogP contribution in [-0.2, 0) is 0 Å². The Hall–Kier alpha value is 1.50. The third-order valence-electron chi connectivity index (χ3n) is 1.49. The summed E-state index contributed by atoms with van der Waals surface area (Å²) in [5.74, 6) is 0. The second-order valence-electron chi connectivity index (χ2n) is 2.46. The molecule has 0 spiro atoms. The van der Waals surface area contributed by atoms with E-state index in [1.54, 1.807) is 0 Å². The summed E-state index contributed by atoms with van der Waals surface area (Å²) >= 11 is 2.45. The van der Waals surface area contributed by atoms with Crippen molar-refractivity contribution >= 4 is 45.6 Å². The van der Waals surface area contributed by atoms with E-state index >= 15 is 0 Å². The molecule has 0 saturated carbocycles. The van der Waals surface area contributed by atoms with Gasteiger partial charge in [-0.25, -0.2) is 0 Å². The summed E-state index contributed by atoms with van der Waals surface area (Å²) in [5, 5.41) is 0. The van der Waals surface area contributed by atoms with Gasteiger partial charge in [-0.1, -0.05) is 61.6 Å². The van der Waals surface area contributed by atoms with Crippen LogP contribution in [0.4, 0.5) is 0 Å². The molecule has 2 heteroatoms. The third kappa shape index (κ3) is 12.2. The van der Waals surface area contributed by atoms with E-state index < -0.39 is 0 Å². The van der Waals surface area contributed by atoms with Crippen LogP contribution in [0.1, 0.15) is 48.3 Å². The number of hydrogen-bond donors (Lipinski definition) is 0. The summed E-state index contributed by atoms with van der Waals surface area (Å²) in [4.78, 5) is 0. The molecule has 0 fully saturated rings. The van der Waals surface area contributed by atoms with Gasteiger partial charge in [0.05, 0.1) is 0 Å². The van der Waals surface area contributed by atoms with Gasteiger partial charge in [-0.05, 0) is 10.8 Å². The minimum Gasteiger partial charge on any atom is -1.00 e. The monoisotopic (exact) mass is 266 g/mol. The van der Waals surface area contributed by atoms with Crippen molar-refractivity contribution in [3.05, 3.63) is 0 Å². The van der Waals surface area contributed by atoms with Crippen molar-refractivity contribution in [2.75, 3.05) is 4.43 Å². The second-order valence-corrected chi connectivity index (χ2v) is 3.54. The zero-order chi connectivity index (χ0) is 6.95. The van der Waals surface area contributed by atoms with Crippen molar-refractivity contribution in [3.8, 4) is 0 Å². The zero-order valence-corrected chi connectivity index (χ0v) is 10.6. The van der Waals surface area contributed by atoms with Crippen LogP contribution < -0.4 is 0 Å². The first-order chi connectivity index (χ1) is 4.41. The molecule has 0 unspecified atom stereocenters. The quantitative estimate of drug-likeness (QED) is 0.298. The van der Waals surface area contributed by atoms with Crippen molar-refractivity contribution in [1.82, 2.24) is 0 Å². The van der Waals surface area contributed by atoms with Crippen LogP contribution in [0.15, 0.2) is 0 Å². The van der Waals surface area contributed by atoms with E-state index in [0.29, 0.717) is 0 Å². The average Bonchev–Trinajstić information content (AvgIpc) is 1.89. The van der Waals surface area contributed by atoms with Crippen molar-refractivity contribution < 1.29 is 2.85 Å². The number of halogens is 1. The Labute approximate surface area is 97.8 Å². The van der Waals surface area contributed by atoms with E-state index in [-0.39, 0.29) is 25.9 Å². The summed E-state index contributed by atoms with van der Waals surface area (Å²) in [6.07, 6.45) is 8.57. The first kappa shape index (κ1) is 14.0. The van der Waals surface area contributed by atoms with Crippen LogP contribution in [0.5, 0.6) is 0 Å². The van der Waals surface area contributed by atoms with E-state index in [4.69, 9.17) is 0 Å². The van der Waals surface area contributed by atoms with Gasteiger partial charge in [0, 0.05) is 0 Å². The Morgan fingerprint density at radius 1 is 1.00 bits per heavy atom. The van der Waals surface area contributed by atoms with Gasteiger partial charge in [-0.2, -0.15) is 0 Å². The molecular formula is C8H19IMg. The Bertz CT molecular complexity index is 50.3. The normalized spacial score (nSPS) is 9.00. The number of unbranched alkanes of at least 4 members (excludes halogenated alkanes) is 5. The fourth-order valence-electron chi connectivity index (χ4n) is 0.875. The topological polar surface area (TPSA) is 0 Å². The number of hydrogen-bond acceptors (Lipinski definition) is 0. The van der Waals surface area contributed by atoms with Gasteiger partial charge in [-0.15, -0.1) is 0 Å². The maximum atomic E-state index is 2.45. The Kier molecular flexibility index (Phi) is 18.4. The van der Waals surface area contributed by atoms with Crippen LogP contribution in [0.2, 0.25) is 0 Å². The molecule has 10 heavy (non-hydrogen) atoms. The van der Waals surface area contributed by atoms with Gasteiger partial charge in [0.15, 0.2) is 0 Å². The first-order valence-corrected chi connectivity index (χ1v) is 5.50. The SMILES string of the molecule is CCCCCCCCI.[H-].[H-].[Mg+2]. The van der Waals surface area contributed by atoms with Crippen LogP contribution >= 0.6 is 22.6 Å². The van der Waals surface area contributed by atoms with Gasteiger partial charge in [0.2, 0.25) is 0 Å². The molecule has 0 aromatic heterocycles. The van der Waals surface area contributed by atoms with Crippen LogP contribution in [-0.4, -0.2) is 27.5 Å².